The lowest BCUT2D eigenvalue weighted by Crippen LogP contribution is -2.23. The summed E-state index contributed by atoms with van der Waals surface area (Å²) in [6.07, 6.45) is -0.659. The fourth-order valence-corrected chi connectivity index (χ4v) is 2.23. The van der Waals surface area contributed by atoms with Gasteiger partial charge in [0.2, 0.25) is 0 Å². The van der Waals surface area contributed by atoms with Gasteiger partial charge in [-0.2, -0.15) is 0 Å². The van der Waals surface area contributed by atoms with Crippen molar-refractivity contribution in [2.45, 2.75) is 30.9 Å². The summed E-state index contributed by atoms with van der Waals surface area (Å²) < 4.78 is 23.1. The van der Waals surface area contributed by atoms with Crippen LogP contribution >= 0.6 is 0 Å². The third-order valence-corrected chi connectivity index (χ3v) is 4.27. The van der Waals surface area contributed by atoms with Crippen LogP contribution in [0, 0.1) is 0 Å². The molecule has 16 heavy (non-hydrogen) atoms. The van der Waals surface area contributed by atoms with Crippen LogP contribution in [0.2, 0.25) is 0 Å². The number of hydrogen-bond acceptors (Lipinski definition) is 4. The summed E-state index contributed by atoms with van der Waals surface area (Å²) in [4.78, 5) is 0.288. The predicted octanol–water partition coefficient (Wildman–Crippen LogP) is 0.861. The largest absolute Gasteiger partial charge is 0.391 e. The number of hydrogen-bond donors (Lipinski definition) is 2. The molecule has 1 aromatic rings. The second kappa shape index (κ2) is 4.95. The summed E-state index contributed by atoms with van der Waals surface area (Å²) in [5.41, 5.74) is 6.46. The van der Waals surface area contributed by atoms with Gasteiger partial charge in [-0.25, -0.2) is 8.42 Å². The van der Waals surface area contributed by atoms with E-state index in [1.54, 1.807) is 26.0 Å². The van der Waals surface area contributed by atoms with E-state index in [0.717, 1.165) is 5.56 Å². The van der Waals surface area contributed by atoms with Crippen LogP contribution in [0.1, 0.15) is 25.5 Å². The Labute approximate surface area is 96.0 Å². The van der Waals surface area contributed by atoms with Crippen molar-refractivity contribution in [3.63, 3.8) is 0 Å². The summed E-state index contributed by atoms with van der Waals surface area (Å²) in [5.74, 6) is 0.0782. The first-order valence-corrected chi connectivity index (χ1v) is 6.80. The molecular weight excluding hydrogens is 226 g/mol. The van der Waals surface area contributed by atoms with Gasteiger partial charge < -0.3 is 10.8 Å². The van der Waals surface area contributed by atoms with Crippen LogP contribution in [0.5, 0.6) is 0 Å². The lowest BCUT2D eigenvalue weighted by atomic mass is 10.0. The van der Waals surface area contributed by atoms with Gasteiger partial charge in [-0.1, -0.05) is 19.1 Å². The highest BCUT2D eigenvalue weighted by Gasteiger charge is 2.14. The van der Waals surface area contributed by atoms with Crippen LogP contribution in [0.4, 0.5) is 0 Å². The van der Waals surface area contributed by atoms with E-state index >= 15 is 0 Å². The van der Waals surface area contributed by atoms with E-state index in [-0.39, 0.29) is 10.6 Å². The van der Waals surface area contributed by atoms with Crippen molar-refractivity contribution in [1.29, 1.82) is 0 Å². The highest BCUT2D eigenvalue weighted by molar-refractivity contribution is 7.91. The van der Waals surface area contributed by atoms with E-state index in [0.29, 0.717) is 0 Å². The quantitative estimate of drug-likeness (QED) is 0.822. The van der Waals surface area contributed by atoms with Gasteiger partial charge in [0.25, 0.3) is 0 Å². The van der Waals surface area contributed by atoms with Gasteiger partial charge in [0.1, 0.15) is 0 Å². The maximum absolute atomic E-state index is 11.5. The molecule has 90 valence electrons. The van der Waals surface area contributed by atoms with Crippen LogP contribution < -0.4 is 5.73 Å². The third kappa shape index (κ3) is 2.81. The minimum absolute atomic E-state index is 0.0782. The lowest BCUT2D eigenvalue weighted by Gasteiger charge is -2.15. The first-order valence-electron chi connectivity index (χ1n) is 5.15. The number of rotatable bonds is 4. The van der Waals surface area contributed by atoms with Gasteiger partial charge in [-0.3, -0.25) is 0 Å². The second-order valence-electron chi connectivity index (χ2n) is 3.74. The van der Waals surface area contributed by atoms with E-state index in [1.165, 1.54) is 12.1 Å². The first-order chi connectivity index (χ1) is 7.38. The van der Waals surface area contributed by atoms with Gasteiger partial charge in [-0.15, -0.1) is 0 Å². The van der Waals surface area contributed by atoms with Crippen molar-refractivity contribution in [3.05, 3.63) is 29.8 Å². The Morgan fingerprint density at radius 1 is 1.31 bits per heavy atom. The molecule has 0 saturated carbocycles. The minimum atomic E-state index is -3.16. The Bertz CT molecular complexity index is 437. The average molecular weight is 243 g/mol. The summed E-state index contributed by atoms with van der Waals surface area (Å²) in [5, 5.41) is 9.31. The molecule has 0 radical (unpaired) electrons. The first kappa shape index (κ1) is 13.2. The Morgan fingerprint density at radius 3 is 2.19 bits per heavy atom. The van der Waals surface area contributed by atoms with E-state index in [4.69, 9.17) is 5.73 Å². The number of sulfone groups is 1. The van der Waals surface area contributed by atoms with Crippen molar-refractivity contribution in [2.75, 3.05) is 5.75 Å². The molecule has 0 aliphatic rings. The van der Waals surface area contributed by atoms with E-state index in [9.17, 15) is 13.5 Å². The van der Waals surface area contributed by atoms with Crippen LogP contribution in [-0.4, -0.2) is 25.4 Å². The lowest BCUT2D eigenvalue weighted by molar-refractivity contribution is 0.164. The van der Waals surface area contributed by atoms with Gasteiger partial charge in [0, 0.05) is 0 Å². The molecule has 0 aliphatic heterocycles. The zero-order valence-corrected chi connectivity index (χ0v) is 10.2. The van der Waals surface area contributed by atoms with Crippen molar-refractivity contribution in [2.24, 2.45) is 5.73 Å². The van der Waals surface area contributed by atoms with Crippen LogP contribution in [0.25, 0.3) is 0 Å². The molecule has 5 heteroatoms. The SMILES string of the molecule is CCS(=O)(=O)c1ccc(C(N)C(C)O)cc1. The molecule has 1 aromatic carbocycles. The van der Waals surface area contributed by atoms with E-state index < -0.39 is 22.0 Å². The van der Waals surface area contributed by atoms with Gasteiger partial charge in [-0.05, 0) is 24.6 Å². The standard InChI is InChI=1S/C11H17NO3S/c1-3-16(14,15)10-6-4-9(5-7-10)11(12)8(2)13/h4-8,11,13H,3,12H2,1-2H3. The van der Waals surface area contributed by atoms with Crippen molar-refractivity contribution in [3.8, 4) is 0 Å². The predicted molar refractivity (Wildman–Crippen MR) is 62.8 cm³/mol. The molecule has 0 heterocycles. The third-order valence-electron chi connectivity index (χ3n) is 2.52. The van der Waals surface area contributed by atoms with Crippen molar-refractivity contribution < 1.29 is 13.5 Å². The molecule has 0 amide bonds. The number of aliphatic hydroxyl groups is 1. The molecule has 4 nitrogen and oxygen atoms in total. The van der Waals surface area contributed by atoms with E-state index in [1.807, 2.05) is 0 Å². The van der Waals surface area contributed by atoms with Crippen LogP contribution in [0.3, 0.4) is 0 Å². The second-order valence-corrected chi connectivity index (χ2v) is 6.02. The molecule has 3 N–H and O–H groups in total. The molecule has 0 aliphatic carbocycles. The maximum atomic E-state index is 11.5. The molecule has 0 aromatic heterocycles. The van der Waals surface area contributed by atoms with Gasteiger partial charge in [0.15, 0.2) is 9.84 Å². The van der Waals surface area contributed by atoms with Crippen LogP contribution in [0.15, 0.2) is 29.2 Å². The molecule has 0 bridgehead atoms. The maximum Gasteiger partial charge on any atom is 0.178 e. The minimum Gasteiger partial charge on any atom is -0.391 e. The Kier molecular flexibility index (Phi) is 4.07. The molecule has 0 fully saturated rings. The van der Waals surface area contributed by atoms with Crippen molar-refractivity contribution >= 4 is 9.84 Å². The summed E-state index contributed by atoms with van der Waals surface area (Å²) in [6, 6.07) is 5.84. The Hall–Kier alpha value is -0.910. The molecule has 0 spiro atoms. The van der Waals surface area contributed by atoms with E-state index in [2.05, 4.69) is 0 Å². The normalized spacial score (nSPS) is 15.8. The molecule has 2 unspecified atom stereocenters. The van der Waals surface area contributed by atoms with Gasteiger partial charge in [0.05, 0.1) is 22.8 Å². The zero-order valence-electron chi connectivity index (χ0n) is 9.42. The average Bonchev–Trinajstić information content (AvgIpc) is 2.28. The summed E-state index contributed by atoms with van der Waals surface area (Å²) in [6.45, 7) is 3.20. The van der Waals surface area contributed by atoms with Crippen molar-refractivity contribution in [1.82, 2.24) is 0 Å². The smallest absolute Gasteiger partial charge is 0.178 e. The number of benzene rings is 1. The molecule has 0 saturated heterocycles. The van der Waals surface area contributed by atoms with Crippen LogP contribution in [-0.2, 0) is 9.84 Å². The summed E-state index contributed by atoms with van der Waals surface area (Å²) >= 11 is 0. The zero-order chi connectivity index (χ0) is 12.3. The van der Waals surface area contributed by atoms with Gasteiger partial charge >= 0.3 is 0 Å². The Balaban J connectivity index is 3.01. The fraction of sp³-hybridized carbons (Fsp3) is 0.455. The number of aliphatic hydroxyl groups excluding tert-OH is 1. The highest BCUT2D eigenvalue weighted by Crippen LogP contribution is 2.18. The highest BCUT2D eigenvalue weighted by atomic mass is 32.2. The molecule has 2 atom stereocenters. The molecular formula is C11H17NO3S. The number of nitrogens with two attached hydrogens (primary N) is 1. The monoisotopic (exact) mass is 243 g/mol. The topological polar surface area (TPSA) is 80.4 Å². The summed E-state index contributed by atoms with van der Waals surface area (Å²) in [7, 11) is -3.16. The Morgan fingerprint density at radius 2 is 1.81 bits per heavy atom. The fourth-order valence-electron chi connectivity index (χ4n) is 1.34. The molecule has 1 rings (SSSR count).